The maximum absolute atomic E-state index is 12.3. The summed E-state index contributed by atoms with van der Waals surface area (Å²) in [7, 11) is -1.23. The Labute approximate surface area is 61.6 Å². The minimum atomic E-state index is -2.29. The molecule has 0 saturated heterocycles. The zero-order valence-electron chi connectivity index (χ0n) is 6.75. The van der Waals surface area contributed by atoms with Crippen LogP contribution in [0, 0.1) is 5.92 Å². The molecular weight excluding hydrogens is 150 g/mol. The van der Waals surface area contributed by atoms with Crippen LogP contribution >= 0.6 is 0 Å². The van der Waals surface area contributed by atoms with Gasteiger partial charge in [0.2, 0.25) is 0 Å². The van der Waals surface area contributed by atoms with E-state index in [1.54, 1.807) is 0 Å². The van der Waals surface area contributed by atoms with Crippen molar-refractivity contribution < 1.29 is 8.78 Å². The zero-order chi connectivity index (χ0) is 7.99. The van der Waals surface area contributed by atoms with Crippen molar-refractivity contribution in [1.82, 2.24) is 0 Å². The van der Waals surface area contributed by atoms with Crippen LogP contribution in [0.25, 0.3) is 0 Å². The Morgan fingerprint density at radius 2 is 1.80 bits per heavy atom. The van der Waals surface area contributed by atoms with Gasteiger partial charge in [-0.05, 0) is 6.04 Å². The summed E-state index contributed by atoms with van der Waals surface area (Å²) in [6.45, 7) is 6.42. The molecule has 0 radical (unpaired) electrons. The van der Waals surface area contributed by atoms with Gasteiger partial charge >= 0.3 is 0 Å². The standard InChI is InChI=1S/C7H14F2Si/c1-10(2,3)5-6-4-7(6,8)9/h6H,4-5H2,1-3H3. The highest BCUT2D eigenvalue weighted by Crippen LogP contribution is 2.52. The van der Waals surface area contributed by atoms with Crippen molar-refractivity contribution in [2.75, 3.05) is 0 Å². The average molecular weight is 164 g/mol. The fourth-order valence-electron chi connectivity index (χ4n) is 1.23. The van der Waals surface area contributed by atoms with E-state index in [4.69, 9.17) is 0 Å². The summed E-state index contributed by atoms with van der Waals surface area (Å²) in [5.41, 5.74) is 0. The molecule has 3 heteroatoms. The lowest BCUT2D eigenvalue weighted by atomic mass is 10.5. The summed E-state index contributed by atoms with van der Waals surface area (Å²) >= 11 is 0. The van der Waals surface area contributed by atoms with Gasteiger partial charge in [0.05, 0.1) is 0 Å². The Morgan fingerprint density at radius 1 is 1.40 bits per heavy atom. The summed E-state index contributed by atoms with van der Waals surface area (Å²) in [5.74, 6) is -2.56. The van der Waals surface area contributed by atoms with Gasteiger partial charge in [-0.3, -0.25) is 0 Å². The Morgan fingerprint density at radius 3 is 1.90 bits per heavy atom. The molecule has 0 heterocycles. The molecule has 1 atom stereocenters. The van der Waals surface area contributed by atoms with E-state index in [9.17, 15) is 8.78 Å². The molecule has 0 N–H and O–H groups in total. The minimum Gasteiger partial charge on any atom is -0.207 e. The molecule has 1 saturated carbocycles. The summed E-state index contributed by atoms with van der Waals surface area (Å²) in [6, 6.07) is 0.792. The third kappa shape index (κ3) is 2.04. The second-order valence-electron chi connectivity index (χ2n) is 4.43. The Bertz CT molecular complexity index is 137. The molecule has 1 aliphatic rings. The molecule has 0 nitrogen and oxygen atoms in total. The second-order valence-corrected chi connectivity index (χ2v) is 9.96. The van der Waals surface area contributed by atoms with Crippen molar-refractivity contribution in [3.05, 3.63) is 0 Å². The summed E-state index contributed by atoms with van der Waals surface area (Å²) in [5, 5.41) is 0. The number of hydrogen-bond acceptors (Lipinski definition) is 0. The maximum atomic E-state index is 12.3. The third-order valence-electron chi connectivity index (χ3n) is 1.81. The van der Waals surface area contributed by atoms with Gasteiger partial charge in [0.1, 0.15) is 0 Å². The first-order chi connectivity index (χ1) is 4.31. The van der Waals surface area contributed by atoms with Crippen LogP contribution in [0.15, 0.2) is 0 Å². The van der Waals surface area contributed by atoms with Crippen LogP contribution < -0.4 is 0 Å². The van der Waals surface area contributed by atoms with E-state index >= 15 is 0 Å². The van der Waals surface area contributed by atoms with Crippen LogP contribution in [-0.2, 0) is 0 Å². The van der Waals surface area contributed by atoms with Crippen molar-refractivity contribution >= 4 is 8.07 Å². The number of hydrogen-bond donors (Lipinski definition) is 0. The Hall–Kier alpha value is 0.0769. The van der Waals surface area contributed by atoms with Crippen LogP contribution in [0.5, 0.6) is 0 Å². The van der Waals surface area contributed by atoms with Gasteiger partial charge in [0, 0.05) is 20.4 Å². The molecule has 0 amide bonds. The summed E-state index contributed by atoms with van der Waals surface area (Å²) < 4.78 is 24.7. The molecule has 1 fully saturated rings. The fraction of sp³-hybridized carbons (Fsp3) is 1.00. The molecule has 0 aromatic heterocycles. The highest BCUT2D eigenvalue weighted by molar-refractivity contribution is 6.76. The van der Waals surface area contributed by atoms with Gasteiger partial charge < -0.3 is 0 Å². The van der Waals surface area contributed by atoms with Gasteiger partial charge in [-0.15, -0.1) is 0 Å². The van der Waals surface area contributed by atoms with Crippen LogP contribution in [0.2, 0.25) is 25.7 Å². The molecular formula is C7H14F2Si. The summed E-state index contributed by atoms with van der Waals surface area (Å²) in [6.07, 6.45) is 0.150. The number of rotatable bonds is 2. The van der Waals surface area contributed by atoms with Crippen LogP contribution in [0.4, 0.5) is 8.78 Å². The van der Waals surface area contributed by atoms with E-state index in [0.717, 1.165) is 6.04 Å². The van der Waals surface area contributed by atoms with Crippen molar-refractivity contribution in [2.24, 2.45) is 5.92 Å². The van der Waals surface area contributed by atoms with Crippen molar-refractivity contribution in [2.45, 2.75) is 38.0 Å². The molecule has 1 aliphatic carbocycles. The average Bonchev–Trinajstić information content (AvgIpc) is 2.05. The van der Waals surface area contributed by atoms with Crippen LogP contribution in [0.3, 0.4) is 0 Å². The second kappa shape index (κ2) is 2.03. The largest absolute Gasteiger partial charge is 0.251 e. The van der Waals surface area contributed by atoms with E-state index in [-0.39, 0.29) is 12.3 Å². The van der Waals surface area contributed by atoms with E-state index < -0.39 is 14.0 Å². The lowest BCUT2D eigenvalue weighted by Gasteiger charge is -2.14. The smallest absolute Gasteiger partial charge is 0.207 e. The van der Waals surface area contributed by atoms with E-state index in [0.29, 0.717) is 0 Å². The lowest BCUT2D eigenvalue weighted by Crippen LogP contribution is -2.21. The van der Waals surface area contributed by atoms with E-state index in [1.807, 2.05) is 0 Å². The van der Waals surface area contributed by atoms with Crippen molar-refractivity contribution in [3.63, 3.8) is 0 Å². The SMILES string of the molecule is C[Si](C)(C)CC1CC1(F)F. The molecule has 0 aromatic carbocycles. The van der Waals surface area contributed by atoms with Gasteiger partial charge in [0.25, 0.3) is 5.92 Å². The van der Waals surface area contributed by atoms with E-state index in [1.165, 1.54) is 0 Å². The molecule has 0 spiro atoms. The van der Waals surface area contributed by atoms with Crippen LogP contribution in [0.1, 0.15) is 6.42 Å². The predicted molar refractivity (Wildman–Crippen MR) is 41.2 cm³/mol. The van der Waals surface area contributed by atoms with E-state index in [2.05, 4.69) is 19.6 Å². The molecule has 0 aromatic rings. The summed E-state index contributed by atoms with van der Waals surface area (Å²) in [4.78, 5) is 0. The first kappa shape index (κ1) is 8.18. The first-order valence-corrected chi connectivity index (χ1v) is 7.40. The molecule has 0 aliphatic heterocycles. The van der Waals surface area contributed by atoms with Crippen molar-refractivity contribution in [3.8, 4) is 0 Å². The molecule has 1 rings (SSSR count). The molecule has 10 heavy (non-hydrogen) atoms. The highest BCUT2D eigenvalue weighted by atomic mass is 28.3. The topological polar surface area (TPSA) is 0 Å². The quantitative estimate of drug-likeness (QED) is 0.550. The van der Waals surface area contributed by atoms with Gasteiger partial charge in [-0.1, -0.05) is 19.6 Å². The number of halogens is 2. The highest BCUT2D eigenvalue weighted by Gasteiger charge is 2.57. The monoisotopic (exact) mass is 164 g/mol. The number of alkyl halides is 2. The Kier molecular flexibility index (Phi) is 1.66. The maximum Gasteiger partial charge on any atom is 0.251 e. The predicted octanol–water partition coefficient (Wildman–Crippen LogP) is 2.98. The van der Waals surface area contributed by atoms with Gasteiger partial charge in [0.15, 0.2) is 0 Å². The normalized spacial score (nSPS) is 30.3. The van der Waals surface area contributed by atoms with Crippen molar-refractivity contribution in [1.29, 1.82) is 0 Å². The fourth-order valence-corrected chi connectivity index (χ4v) is 3.15. The third-order valence-corrected chi connectivity index (χ3v) is 3.53. The van der Waals surface area contributed by atoms with Gasteiger partial charge in [-0.2, -0.15) is 0 Å². The zero-order valence-corrected chi connectivity index (χ0v) is 7.75. The first-order valence-electron chi connectivity index (χ1n) is 3.69. The van der Waals surface area contributed by atoms with Gasteiger partial charge in [-0.25, -0.2) is 8.78 Å². The van der Waals surface area contributed by atoms with Crippen LogP contribution in [-0.4, -0.2) is 14.0 Å². The lowest BCUT2D eigenvalue weighted by molar-refractivity contribution is 0.102. The molecule has 60 valence electrons. The Balaban J connectivity index is 2.31. The minimum absolute atomic E-state index is 0.150. The molecule has 1 unspecified atom stereocenters. The molecule has 0 bridgehead atoms.